The molecule has 1 atom stereocenters. The van der Waals surface area contributed by atoms with Crippen molar-refractivity contribution in [3.05, 3.63) is 59.4 Å². The van der Waals surface area contributed by atoms with Gasteiger partial charge in [-0.2, -0.15) is 0 Å². The van der Waals surface area contributed by atoms with Crippen molar-refractivity contribution in [2.24, 2.45) is 0 Å². The van der Waals surface area contributed by atoms with Crippen LogP contribution in [0.5, 0.6) is 0 Å². The highest BCUT2D eigenvalue weighted by Crippen LogP contribution is 2.20. The van der Waals surface area contributed by atoms with Gasteiger partial charge in [0.25, 0.3) is 0 Å². The topological polar surface area (TPSA) is 66.3 Å². The number of aliphatic hydroxyl groups excluding tert-OH is 1. The van der Waals surface area contributed by atoms with Crippen molar-refractivity contribution in [1.82, 2.24) is 14.9 Å². The summed E-state index contributed by atoms with van der Waals surface area (Å²) >= 11 is 1.59. The zero-order valence-corrected chi connectivity index (χ0v) is 14.9. The summed E-state index contributed by atoms with van der Waals surface area (Å²) in [5.74, 6) is 0.0133. The monoisotopic (exact) mass is 355 g/mol. The van der Waals surface area contributed by atoms with Gasteiger partial charge in [-0.3, -0.25) is 9.78 Å². The SMILES string of the molecule is CCCN(CC(O)c1cccnc1)C(=O)Cc1ccc2scnc2c1. The lowest BCUT2D eigenvalue weighted by Gasteiger charge is -2.25. The number of amides is 1. The molecule has 6 heteroatoms. The number of aliphatic hydroxyl groups is 1. The van der Waals surface area contributed by atoms with Gasteiger partial charge in [-0.1, -0.05) is 19.1 Å². The van der Waals surface area contributed by atoms with Crippen LogP contribution in [0.15, 0.2) is 48.2 Å². The third-order valence-corrected chi connectivity index (χ3v) is 4.87. The summed E-state index contributed by atoms with van der Waals surface area (Å²) in [4.78, 5) is 22.8. The van der Waals surface area contributed by atoms with Gasteiger partial charge in [-0.25, -0.2) is 4.98 Å². The van der Waals surface area contributed by atoms with Gasteiger partial charge in [0.05, 0.1) is 34.8 Å². The predicted octanol–water partition coefficient (Wildman–Crippen LogP) is 3.21. The lowest BCUT2D eigenvalue weighted by Crippen LogP contribution is -2.36. The molecule has 130 valence electrons. The van der Waals surface area contributed by atoms with Crippen molar-refractivity contribution < 1.29 is 9.90 Å². The first kappa shape index (κ1) is 17.5. The minimum Gasteiger partial charge on any atom is -0.386 e. The fourth-order valence-corrected chi connectivity index (χ4v) is 3.43. The Bertz CT molecular complexity index is 835. The summed E-state index contributed by atoms with van der Waals surface area (Å²) in [6, 6.07) is 9.55. The summed E-state index contributed by atoms with van der Waals surface area (Å²) in [5, 5.41) is 10.4. The predicted molar refractivity (Wildman–Crippen MR) is 99.4 cm³/mol. The first-order valence-electron chi connectivity index (χ1n) is 8.35. The molecule has 0 radical (unpaired) electrons. The third-order valence-electron chi connectivity index (χ3n) is 4.06. The molecule has 0 saturated carbocycles. The molecule has 25 heavy (non-hydrogen) atoms. The molecule has 2 aromatic heterocycles. The number of aromatic nitrogens is 2. The Balaban J connectivity index is 1.69. The van der Waals surface area contributed by atoms with Crippen LogP contribution in [0.25, 0.3) is 10.2 Å². The number of rotatable bonds is 7. The minimum atomic E-state index is -0.731. The second-order valence-electron chi connectivity index (χ2n) is 5.97. The summed E-state index contributed by atoms with van der Waals surface area (Å²) in [6.45, 7) is 2.92. The highest BCUT2D eigenvalue weighted by molar-refractivity contribution is 7.16. The maximum atomic E-state index is 12.7. The van der Waals surface area contributed by atoms with Gasteiger partial charge in [-0.15, -0.1) is 11.3 Å². The molecule has 0 fully saturated rings. The van der Waals surface area contributed by atoms with Crippen molar-refractivity contribution >= 4 is 27.5 Å². The standard InChI is InChI=1S/C19H21N3O2S/c1-2-8-22(12-17(23)15-4-3-7-20-11-15)19(24)10-14-5-6-18-16(9-14)21-13-25-18/h3-7,9,11,13,17,23H,2,8,10,12H2,1H3. The van der Waals surface area contributed by atoms with Crippen molar-refractivity contribution in [3.63, 3.8) is 0 Å². The number of thiazole rings is 1. The van der Waals surface area contributed by atoms with E-state index in [9.17, 15) is 9.90 Å². The first-order valence-corrected chi connectivity index (χ1v) is 9.23. The van der Waals surface area contributed by atoms with Gasteiger partial charge in [0, 0.05) is 24.5 Å². The maximum Gasteiger partial charge on any atom is 0.227 e. The Kier molecular flexibility index (Phi) is 5.73. The van der Waals surface area contributed by atoms with Gasteiger partial charge >= 0.3 is 0 Å². The second kappa shape index (κ2) is 8.18. The summed E-state index contributed by atoms with van der Waals surface area (Å²) in [5.41, 5.74) is 4.40. The van der Waals surface area contributed by atoms with Crippen LogP contribution in [0.3, 0.4) is 0 Å². The first-order chi connectivity index (χ1) is 12.2. The van der Waals surface area contributed by atoms with Crippen LogP contribution in [-0.2, 0) is 11.2 Å². The van der Waals surface area contributed by atoms with E-state index in [4.69, 9.17) is 0 Å². The highest BCUT2D eigenvalue weighted by atomic mass is 32.1. The summed E-state index contributed by atoms with van der Waals surface area (Å²) in [7, 11) is 0. The number of carbonyl (C=O) groups is 1. The van der Waals surface area contributed by atoms with Crippen molar-refractivity contribution in [2.45, 2.75) is 25.9 Å². The smallest absolute Gasteiger partial charge is 0.227 e. The average Bonchev–Trinajstić information content (AvgIpc) is 3.09. The molecule has 0 spiro atoms. The van der Waals surface area contributed by atoms with Crippen LogP contribution in [0, 0.1) is 0 Å². The van der Waals surface area contributed by atoms with E-state index in [1.165, 1.54) is 0 Å². The van der Waals surface area contributed by atoms with Crippen LogP contribution in [0.4, 0.5) is 0 Å². The molecule has 1 N–H and O–H groups in total. The average molecular weight is 355 g/mol. The van der Waals surface area contributed by atoms with Gasteiger partial charge in [0.15, 0.2) is 0 Å². The normalized spacial score (nSPS) is 12.2. The molecule has 0 aliphatic carbocycles. The maximum absolute atomic E-state index is 12.7. The quantitative estimate of drug-likeness (QED) is 0.707. The molecule has 1 amide bonds. The van der Waals surface area contributed by atoms with E-state index >= 15 is 0 Å². The Morgan fingerprint density at radius 3 is 3.00 bits per heavy atom. The summed E-state index contributed by atoms with van der Waals surface area (Å²) < 4.78 is 1.12. The number of hydrogen-bond donors (Lipinski definition) is 1. The van der Waals surface area contributed by atoms with E-state index in [-0.39, 0.29) is 12.5 Å². The van der Waals surface area contributed by atoms with Crippen LogP contribution < -0.4 is 0 Å². The molecule has 1 aromatic carbocycles. The number of hydrogen-bond acceptors (Lipinski definition) is 5. The Labute approximate surface area is 151 Å². The lowest BCUT2D eigenvalue weighted by molar-refractivity contribution is -0.132. The zero-order valence-electron chi connectivity index (χ0n) is 14.1. The molecule has 3 aromatic rings. The molecule has 0 aliphatic heterocycles. The van der Waals surface area contributed by atoms with E-state index in [1.54, 1.807) is 34.7 Å². The number of fused-ring (bicyclic) bond motifs is 1. The molecular formula is C19H21N3O2S. The fourth-order valence-electron chi connectivity index (χ4n) is 2.77. The van der Waals surface area contributed by atoms with Crippen molar-refractivity contribution in [3.8, 4) is 0 Å². The fraction of sp³-hybridized carbons (Fsp3) is 0.316. The van der Waals surface area contributed by atoms with E-state index in [1.807, 2.05) is 36.7 Å². The minimum absolute atomic E-state index is 0.0133. The Morgan fingerprint density at radius 1 is 1.36 bits per heavy atom. The molecule has 1 unspecified atom stereocenters. The molecular weight excluding hydrogens is 334 g/mol. The van der Waals surface area contributed by atoms with Crippen LogP contribution in [0.2, 0.25) is 0 Å². The highest BCUT2D eigenvalue weighted by Gasteiger charge is 2.18. The van der Waals surface area contributed by atoms with Gasteiger partial charge in [0.1, 0.15) is 0 Å². The molecule has 3 rings (SSSR count). The van der Waals surface area contributed by atoms with Crippen LogP contribution in [-0.4, -0.2) is 39.0 Å². The van der Waals surface area contributed by atoms with Gasteiger partial charge < -0.3 is 10.0 Å². The molecule has 0 saturated heterocycles. The Morgan fingerprint density at radius 2 is 2.24 bits per heavy atom. The molecule has 0 bridgehead atoms. The third kappa shape index (κ3) is 4.41. The largest absolute Gasteiger partial charge is 0.386 e. The Hall–Kier alpha value is -2.31. The molecule has 5 nitrogen and oxygen atoms in total. The van der Waals surface area contributed by atoms with Crippen molar-refractivity contribution in [2.75, 3.05) is 13.1 Å². The van der Waals surface area contributed by atoms with Gasteiger partial charge in [0.2, 0.25) is 5.91 Å². The number of pyridine rings is 1. The van der Waals surface area contributed by atoms with E-state index in [2.05, 4.69) is 9.97 Å². The van der Waals surface area contributed by atoms with E-state index in [0.717, 1.165) is 27.8 Å². The number of carbonyl (C=O) groups excluding carboxylic acids is 1. The summed E-state index contributed by atoms with van der Waals surface area (Å²) in [6.07, 6.45) is 3.73. The number of benzene rings is 1. The van der Waals surface area contributed by atoms with Crippen molar-refractivity contribution in [1.29, 1.82) is 0 Å². The van der Waals surface area contributed by atoms with Crippen LogP contribution in [0.1, 0.15) is 30.6 Å². The molecule has 2 heterocycles. The molecule has 0 aliphatic rings. The van der Waals surface area contributed by atoms with Crippen LogP contribution >= 0.6 is 11.3 Å². The van der Waals surface area contributed by atoms with E-state index in [0.29, 0.717) is 13.0 Å². The second-order valence-corrected chi connectivity index (χ2v) is 6.86. The van der Waals surface area contributed by atoms with Gasteiger partial charge in [-0.05, 0) is 30.2 Å². The lowest BCUT2D eigenvalue weighted by atomic mass is 10.1. The zero-order chi connectivity index (χ0) is 17.6. The van der Waals surface area contributed by atoms with E-state index < -0.39 is 6.10 Å². The number of nitrogens with zero attached hydrogens (tertiary/aromatic N) is 3.